The van der Waals surface area contributed by atoms with Crippen molar-refractivity contribution in [3.8, 4) is 5.69 Å². The van der Waals surface area contributed by atoms with Gasteiger partial charge in [-0.1, -0.05) is 0 Å². The van der Waals surface area contributed by atoms with Crippen LogP contribution in [0.25, 0.3) is 16.6 Å². The number of fused-ring (bicyclic) bond motifs is 1. The summed E-state index contributed by atoms with van der Waals surface area (Å²) in [6.45, 7) is 6.28. The van der Waals surface area contributed by atoms with Crippen LogP contribution >= 0.6 is 0 Å². The highest BCUT2D eigenvalue weighted by Crippen LogP contribution is 2.28. The van der Waals surface area contributed by atoms with Gasteiger partial charge in [0.25, 0.3) is 5.91 Å². The van der Waals surface area contributed by atoms with E-state index in [1.165, 1.54) is 0 Å². The summed E-state index contributed by atoms with van der Waals surface area (Å²) in [5, 5.41) is 18.4. The first kappa shape index (κ1) is 21.3. The van der Waals surface area contributed by atoms with Gasteiger partial charge in [0.1, 0.15) is 0 Å². The van der Waals surface area contributed by atoms with Crippen molar-refractivity contribution in [2.75, 3.05) is 31.6 Å². The maximum Gasteiger partial charge on any atom is 0.253 e. The number of carbonyl (C=O) groups excluding carboxylic acids is 1. The number of piperidine rings is 1. The fourth-order valence-electron chi connectivity index (χ4n) is 4.16. The molecule has 3 aromatic rings. The van der Waals surface area contributed by atoms with Crippen molar-refractivity contribution in [3.05, 3.63) is 53.7 Å². The predicted octanol–water partition coefficient (Wildman–Crippen LogP) is 2.94. The third-order valence-electron chi connectivity index (χ3n) is 6.11. The topological polar surface area (TPSA) is 96.4 Å². The average Bonchev–Trinajstić information content (AvgIpc) is 3.22. The maximum atomic E-state index is 12.8. The van der Waals surface area contributed by atoms with E-state index in [0.29, 0.717) is 31.1 Å². The Bertz CT molecular complexity index is 1050. The Morgan fingerprint density at radius 1 is 1.26 bits per heavy atom. The molecule has 0 radical (unpaired) electrons. The molecule has 1 aromatic heterocycles. The lowest BCUT2D eigenvalue weighted by molar-refractivity contribution is 0.0651. The smallest absolute Gasteiger partial charge is 0.253 e. The van der Waals surface area contributed by atoms with Crippen molar-refractivity contribution in [1.82, 2.24) is 14.7 Å². The van der Waals surface area contributed by atoms with E-state index in [1.54, 1.807) is 0 Å². The molecule has 7 nitrogen and oxygen atoms in total. The first-order chi connectivity index (χ1) is 15.0. The molecule has 0 aliphatic carbocycles. The van der Waals surface area contributed by atoms with Gasteiger partial charge >= 0.3 is 0 Å². The number of aliphatic hydroxyl groups excluding tert-OH is 1. The van der Waals surface area contributed by atoms with E-state index in [4.69, 9.17) is 5.73 Å². The minimum Gasteiger partial charge on any atom is -0.396 e. The lowest BCUT2D eigenvalue weighted by Crippen LogP contribution is -2.39. The van der Waals surface area contributed by atoms with Crippen molar-refractivity contribution in [3.63, 3.8) is 0 Å². The Kier molecular flexibility index (Phi) is 6.25. The minimum absolute atomic E-state index is 0.0476. The van der Waals surface area contributed by atoms with E-state index in [0.717, 1.165) is 40.7 Å². The van der Waals surface area contributed by atoms with Crippen LogP contribution in [-0.4, -0.2) is 58.0 Å². The lowest BCUT2D eigenvalue weighted by Gasteiger charge is -2.31. The number of likely N-dealkylation sites (tertiary alicyclic amines) is 1. The van der Waals surface area contributed by atoms with E-state index < -0.39 is 0 Å². The van der Waals surface area contributed by atoms with Gasteiger partial charge in [-0.3, -0.25) is 4.79 Å². The summed E-state index contributed by atoms with van der Waals surface area (Å²) in [5.74, 6) is 0.363. The summed E-state index contributed by atoms with van der Waals surface area (Å²) in [7, 11) is 0. The van der Waals surface area contributed by atoms with E-state index in [-0.39, 0.29) is 18.6 Å². The van der Waals surface area contributed by atoms with Gasteiger partial charge in [-0.05, 0) is 74.6 Å². The molecule has 1 aliphatic rings. The van der Waals surface area contributed by atoms with Crippen LogP contribution in [0.1, 0.15) is 35.7 Å². The Labute approximate surface area is 182 Å². The molecule has 1 aliphatic heterocycles. The molecule has 4 rings (SSSR count). The summed E-state index contributed by atoms with van der Waals surface area (Å²) in [4.78, 5) is 14.7. The molecule has 4 N–H and O–H groups in total. The number of hydrogen-bond acceptors (Lipinski definition) is 5. The van der Waals surface area contributed by atoms with E-state index in [2.05, 4.69) is 36.4 Å². The van der Waals surface area contributed by atoms with Crippen LogP contribution in [-0.2, 0) is 0 Å². The van der Waals surface area contributed by atoms with Crippen LogP contribution in [0.15, 0.2) is 42.6 Å². The van der Waals surface area contributed by atoms with Crippen LogP contribution in [0.5, 0.6) is 0 Å². The summed E-state index contributed by atoms with van der Waals surface area (Å²) in [6.07, 6.45) is 3.58. The molecule has 1 fully saturated rings. The Morgan fingerprint density at radius 2 is 1.97 bits per heavy atom. The number of nitrogens with zero attached hydrogens (tertiary/aromatic N) is 3. The molecule has 0 unspecified atom stereocenters. The summed E-state index contributed by atoms with van der Waals surface area (Å²) < 4.78 is 1.90. The Balaban J connectivity index is 1.57. The number of anilines is 1. The van der Waals surface area contributed by atoms with Crippen molar-refractivity contribution >= 4 is 22.5 Å². The Hall–Kier alpha value is -2.90. The zero-order chi connectivity index (χ0) is 22.0. The molecule has 0 spiro atoms. The molecular weight excluding hydrogens is 390 g/mol. The molecule has 1 saturated heterocycles. The fourth-order valence-corrected chi connectivity index (χ4v) is 4.16. The molecular formula is C24H31N5O2. The molecule has 2 aromatic carbocycles. The molecule has 31 heavy (non-hydrogen) atoms. The minimum atomic E-state index is 0.0476. The van der Waals surface area contributed by atoms with Gasteiger partial charge < -0.3 is 21.1 Å². The van der Waals surface area contributed by atoms with Crippen LogP contribution < -0.4 is 11.1 Å². The number of aryl methyl sites for hydroxylation is 1. The van der Waals surface area contributed by atoms with Crippen molar-refractivity contribution in [2.24, 2.45) is 11.7 Å². The molecule has 164 valence electrons. The number of benzene rings is 2. The Morgan fingerprint density at radius 3 is 2.61 bits per heavy atom. The number of nitrogens with two attached hydrogens (primary N) is 1. The van der Waals surface area contributed by atoms with Crippen molar-refractivity contribution in [2.45, 2.75) is 32.7 Å². The SMILES string of the molecule is Cc1cc(N[C@H](C)CN)c2cnn(-c3ccc(C(=O)N4CCC(CO)CC4)cc3)c2c1. The number of amides is 1. The third kappa shape index (κ3) is 4.43. The first-order valence-corrected chi connectivity index (χ1v) is 11.0. The van der Waals surface area contributed by atoms with Crippen LogP contribution in [0.3, 0.4) is 0 Å². The standard InChI is InChI=1S/C24H31N5O2/c1-16-11-22(27-17(2)13-25)21-14-26-29(23(21)12-16)20-5-3-19(4-6-20)24(31)28-9-7-18(15-30)8-10-28/h3-6,11-12,14,17-18,27,30H,7-10,13,15,25H2,1-2H3/t17-/m1/s1. The second-order valence-corrected chi connectivity index (χ2v) is 8.55. The van der Waals surface area contributed by atoms with Crippen LogP contribution in [0.4, 0.5) is 5.69 Å². The van der Waals surface area contributed by atoms with Gasteiger partial charge in [-0.15, -0.1) is 0 Å². The number of carbonyl (C=O) groups is 1. The quantitative estimate of drug-likeness (QED) is 0.569. The highest BCUT2D eigenvalue weighted by atomic mass is 16.3. The number of nitrogens with one attached hydrogen (secondary N) is 1. The number of aliphatic hydroxyl groups is 1. The van der Waals surface area contributed by atoms with Gasteiger partial charge in [0.2, 0.25) is 0 Å². The normalized spacial score (nSPS) is 15.9. The third-order valence-corrected chi connectivity index (χ3v) is 6.11. The van der Waals surface area contributed by atoms with Gasteiger partial charge in [-0.2, -0.15) is 5.10 Å². The summed E-state index contributed by atoms with van der Waals surface area (Å²) >= 11 is 0. The van der Waals surface area contributed by atoms with E-state index in [9.17, 15) is 9.90 Å². The molecule has 1 atom stereocenters. The van der Waals surface area contributed by atoms with Crippen molar-refractivity contribution in [1.29, 1.82) is 0 Å². The summed E-state index contributed by atoms with van der Waals surface area (Å²) in [5.41, 5.74) is 10.5. The van der Waals surface area contributed by atoms with Gasteiger partial charge in [0.15, 0.2) is 0 Å². The fraction of sp³-hybridized carbons (Fsp3) is 0.417. The summed E-state index contributed by atoms with van der Waals surface area (Å²) in [6, 6.07) is 12.0. The van der Waals surface area contributed by atoms with Gasteiger partial charge in [0, 0.05) is 48.9 Å². The molecule has 0 bridgehead atoms. The van der Waals surface area contributed by atoms with E-state index in [1.807, 2.05) is 40.0 Å². The zero-order valence-corrected chi connectivity index (χ0v) is 18.2. The monoisotopic (exact) mass is 421 g/mol. The lowest BCUT2D eigenvalue weighted by atomic mass is 9.97. The maximum absolute atomic E-state index is 12.8. The predicted molar refractivity (Wildman–Crippen MR) is 124 cm³/mol. The average molecular weight is 422 g/mol. The second-order valence-electron chi connectivity index (χ2n) is 8.55. The number of hydrogen-bond donors (Lipinski definition) is 3. The molecule has 7 heteroatoms. The molecule has 1 amide bonds. The highest BCUT2D eigenvalue weighted by Gasteiger charge is 2.23. The highest BCUT2D eigenvalue weighted by molar-refractivity contribution is 5.95. The first-order valence-electron chi connectivity index (χ1n) is 11.0. The zero-order valence-electron chi connectivity index (χ0n) is 18.2. The van der Waals surface area contributed by atoms with Crippen LogP contribution in [0, 0.1) is 12.8 Å². The number of rotatable bonds is 6. The second kappa shape index (κ2) is 9.08. The largest absolute Gasteiger partial charge is 0.396 e. The van der Waals surface area contributed by atoms with Crippen LogP contribution in [0.2, 0.25) is 0 Å². The molecule has 2 heterocycles. The van der Waals surface area contributed by atoms with Gasteiger partial charge in [0.05, 0.1) is 17.4 Å². The van der Waals surface area contributed by atoms with E-state index >= 15 is 0 Å². The molecule has 0 saturated carbocycles. The van der Waals surface area contributed by atoms with Crippen molar-refractivity contribution < 1.29 is 9.90 Å². The van der Waals surface area contributed by atoms with Gasteiger partial charge in [-0.25, -0.2) is 4.68 Å². The number of aromatic nitrogens is 2.